The topological polar surface area (TPSA) is 64.7 Å². The summed E-state index contributed by atoms with van der Waals surface area (Å²) in [5.74, 6) is 0.439. The first kappa shape index (κ1) is 13.5. The van der Waals surface area contributed by atoms with Crippen molar-refractivity contribution in [1.29, 1.82) is 10.5 Å². The van der Waals surface area contributed by atoms with Gasteiger partial charge in [0.15, 0.2) is 0 Å². The van der Waals surface area contributed by atoms with E-state index in [9.17, 15) is 14.7 Å². The molecule has 1 aromatic heterocycles. The summed E-state index contributed by atoms with van der Waals surface area (Å²) in [5, 5.41) is 18.5. The Labute approximate surface area is 118 Å². The van der Waals surface area contributed by atoms with E-state index in [4.69, 9.17) is 0 Å². The highest BCUT2D eigenvalue weighted by Gasteiger charge is 2.22. The van der Waals surface area contributed by atoms with Crippen LogP contribution >= 0.6 is 11.3 Å². The molecule has 0 amide bonds. The lowest BCUT2D eigenvalue weighted by Crippen LogP contribution is -1.93. The Bertz CT molecular complexity index is 706. The van der Waals surface area contributed by atoms with Crippen molar-refractivity contribution >= 4 is 22.1 Å². The number of nitriles is 2. The molecule has 1 heterocycles. The molecule has 94 valence electrons. The van der Waals surface area contributed by atoms with E-state index in [1.807, 2.05) is 30.3 Å². The van der Waals surface area contributed by atoms with E-state index in [0.717, 1.165) is 16.9 Å². The van der Waals surface area contributed by atoms with Gasteiger partial charge in [0, 0.05) is 11.3 Å². The standard InChI is InChI=1S/C14H10N2OS2/c1-2-19(17)14-11(8-15)13(12(9-16)18-14)10-6-4-3-5-7-10/h3-7H,2H2,1H3. The SMILES string of the molecule is CCS(=O)c1sc(C#N)c(-c2ccccc2)c1C#N. The van der Waals surface area contributed by atoms with Crippen LogP contribution in [0.25, 0.3) is 11.1 Å². The lowest BCUT2D eigenvalue weighted by molar-refractivity contribution is 0.685. The van der Waals surface area contributed by atoms with Gasteiger partial charge in [0.1, 0.15) is 21.2 Å². The largest absolute Gasteiger partial charge is 0.253 e. The monoisotopic (exact) mass is 286 g/mol. The molecular formula is C14H10N2OS2. The highest BCUT2D eigenvalue weighted by Crippen LogP contribution is 2.37. The summed E-state index contributed by atoms with van der Waals surface area (Å²) in [6.45, 7) is 1.80. The quantitative estimate of drug-likeness (QED) is 0.869. The van der Waals surface area contributed by atoms with E-state index >= 15 is 0 Å². The zero-order valence-electron chi connectivity index (χ0n) is 10.2. The fraction of sp³-hybridized carbons (Fsp3) is 0.143. The maximum absolute atomic E-state index is 12.0. The van der Waals surface area contributed by atoms with Crippen LogP contribution in [0.4, 0.5) is 0 Å². The van der Waals surface area contributed by atoms with E-state index in [0.29, 0.717) is 26.0 Å². The fourth-order valence-electron chi connectivity index (χ4n) is 1.76. The maximum atomic E-state index is 12.0. The van der Waals surface area contributed by atoms with Crippen molar-refractivity contribution in [3.05, 3.63) is 40.8 Å². The van der Waals surface area contributed by atoms with Crippen molar-refractivity contribution in [2.45, 2.75) is 11.1 Å². The molecule has 0 saturated heterocycles. The summed E-state index contributed by atoms with van der Waals surface area (Å²) in [5.41, 5.74) is 1.78. The number of hydrogen-bond acceptors (Lipinski definition) is 4. The molecule has 5 heteroatoms. The van der Waals surface area contributed by atoms with E-state index in [2.05, 4.69) is 12.1 Å². The molecule has 1 unspecified atom stereocenters. The maximum Gasteiger partial charge on any atom is 0.115 e. The molecule has 0 radical (unpaired) electrons. The van der Waals surface area contributed by atoms with Crippen LogP contribution in [0.1, 0.15) is 17.4 Å². The smallest absolute Gasteiger partial charge is 0.115 e. The third-order valence-electron chi connectivity index (χ3n) is 2.62. The van der Waals surface area contributed by atoms with Gasteiger partial charge in [-0.15, -0.1) is 11.3 Å². The van der Waals surface area contributed by atoms with Crippen molar-refractivity contribution in [1.82, 2.24) is 0 Å². The average molecular weight is 286 g/mol. The molecule has 0 aliphatic heterocycles. The first-order valence-electron chi connectivity index (χ1n) is 5.63. The number of nitrogens with zero attached hydrogens (tertiary/aromatic N) is 2. The summed E-state index contributed by atoms with van der Waals surface area (Å²) < 4.78 is 12.5. The van der Waals surface area contributed by atoms with Gasteiger partial charge in [-0.1, -0.05) is 37.3 Å². The first-order chi connectivity index (χ1) is 9.22. The van der Waals surface area contributed by atoms with Gasteiger partial charge >= 0.3 is 0 Å². The Morgan fingerprint density at radius 3 is 2.42 bits per heavy atom. The molecule has 0 spiro atoms. The van der Waals surface area contributed by atoms with Gasteiger partial charge in [-0.3, -0.25) is 4.21 Å². The Balaban J connectivity index is 2.74. The molecule has 0 fully saturated rings. The number of benzene rings is 1. The molecule has 0 bridgehead atoms. The van der Waals surface area contributed by atoms with Gasteiger partial charge in [0.25, 0.3) is 0 Å². The lowest BCUT2D eigenvalue weighted by Gasteiger charge is -2.00. The molecule has 2 aromatic rings. The second-order valence-corrected chi connectivity index (χ2v) is 6.65. The van der Waals surface area contributed by atoms with E-state index in [-0.39, 0.29) is 0 Å². The van der Waals surface area contributed by atoms with Gasteiger partial charge < -0.3 is 0 Å². The number of rotatable bonds is 3. The van der Waals surface area contributed by atoms with Gasteiger partial charge in [-0.05, 0) is 5.56 Å². The van der Waals surface area contributed by atoms with Crippen molar-refractivity contribution in [3.8, 4) is 23.3 Å². The van der Waals surface area contributed by atoms with E-state index in [1.54, 1.807) is 6.92 Å². The second-order valence-electron chi connectivity index (χ2n) is 3.69. The first-order valence-corrected chi connectivity index (χ1v) is 7.77. The Morgan fingerprint density at radius 1 is 1.21 bits per heavy atom. The minimum Gasteiger partial charge on any atom is -0.253 e. The fourth-order valence-corrected chi connectivity index (χ4v) is 4.18. The zero-order chi connectivity index (χ0) is 13.8. The third-order valence-corrected chi connectivity index (χ3v) is 5.46. The molecule has 1 aromatic carbocycles. The Kier molecular flexibility index (Phi) is 4.11. The van der Waals surface area contributed by atoms with Crippen LogP contribution in [0.5, 0.6) is 0 Å². The molecular weight excluding hydrogens is 276 g/mol. The van der Waals surface area contributed by atoms with Gasteiger partial charge in [-0.2, -0.15) is 10.5 Å². The molecule has 3 nitrogen and oxygen atoms in total. The van der Waals surface area contributed by atoms with Crippen molar-refractivity contribution in [3.63, 3.8) is 0 Å². The van der Waals surface area contributed by atoms with Gasteiger partial charge in [-0.25, -0.2) is 0 Å². The Hall–Kier alpha value is -1.95. The van der Waals surface area contributed by atoms with Crippen LogP contribution in [-0.2, 0) is 10.8 Å². The second kappa shape index (κ2) is 5.79. The zero-order valence-corrected chi connectivity index (χ0v) is 11.8. The highest BCUT2D eigenvalue weighted by molar-refractivity contribution is 7.87. The molecule has 19 heavy (non-hydrogen) atoms. The minimum atomic E-state index is -1.22. The lowest BCUT2D eigenvalue weighted by atomic mass is 10.0. The average Bonchev–Trinajstić information content (AvgIpc) is 2.85. The predicted octanol–water partition coefficient (Wildman–Crippen LogP) is 3.29. The summed E-state index contributed by atoms with van der Waals surface area (Å²) in [7, 11) is -1.22. The van der Waals surface area contributed by atoms with Crippen LogP contribution in [0, 0.1) is 22.7 Å². The molecule has 1 atom stereocenters. The summed E-state index contributed by atoms with van der Waals surface area (Å²) in [6.07, 6.45) is 0. The van der Waals surface area contributed by atoms with Crippen molar-refractivity contribution < 1.29 is 4.21 Å². The van der Waals surface area contributed by atoms with Crippen molar-refractivity contribution in [2.24, 2.45) is 0 Å². The van der Waals surface area contributed by atoms with Crippen molar-refractivity contribution in [2.75, 3.05) is 5.75 Å². The third kappa shape index (κ3) is 2.44. The highest BCUT2D eigenvalue weighted by atomic mass is 32.2. The summed E-state index contributed by atoms with van der Waals surface area (Å²) in [4.78, 5) is 0.444. The molecule has 0 saturated carbocycles. The van der Waals surface area contributed by atoms with E-state index < -0.39 is 10.8 Å². The normalized spacial score (nSPS) is 11.5. The van der Waals surface area contributed by atoms with Crippen LogP contribution in [0.3, 0.4) is 0 Å². The van der Waals surface area contributed by atoms with Crippen LogP contribution < -0.4 is 0 Å². The molecule has 0 N–H and O–H groups in total. The summed E-state index contributed by atoms with van der Waals surface area (Å²) >= 11 is 1.15. The van der Waals surface area contributed by atoms with Gasteiger partial charge in [0.05, 0.1) is 16.4 Å². The van der Waals surface area contributed by atoms with Gasteiger partial charge in [0.2, 0.25) is 0 Å². The molecule has 2 rings (SSSR count). The molecule has 0 aliphatic carbocycles. The molecule has 0 aliphatic rings. The number of hydrogen-bond donors (Lipinski definition) is 0. The van der Waals surface area contributed by atoms with Crippen LogP contribution in [0.15, 0.2) is 34.5 Å². The van der Waals surface area contributed by atoms with Crippen LogP contribution in [0.2, 0.25) is 0 Å². The number of thiophene rings is 1. The van der Waals surface area contributed by atoms with Crippen LogP contribution in [-0.4, -0.2) is 9.96 Å². The van der Waals surface area contributed by atoms with E-state index in [1.165, 1.54) is 0 Å². The summed E-state index contributed by atoms with van der Waals surface area (Å²) in [6, 6.07) is 13.5. The minimum absolute atomic E-state index is 0.368. The Morgan fingerprint density at radius 2 is 1.89 bits per heavy atom. The predicted molar refractivity (Wildman–Crippen MR) is 76.1 cm³/mol.